The summed E-state index contributed by atoms with van der Waals surface area (Å²) >= 11 is 6.52. The molecule has 2 rings (SSSR count). The van der Waals surface area contributed by atoms with Gasteiger partial charge >= 0.3 is 0 Å². The molecule has 0 spiro atoms. The first-order valence-corrected chi connectivity index (χ1v) is 5.09. The van der Waals surface area contributed by atoms with Gasteiger partial charge in [-0.15, -0.1) is 15.3 Å². The molecule has 3 N–H and O–H groups in total. The lowest BCUT2D eigenvalue weighted by Crippen LogP contribution is -2.04. The second kappa shape index (κ2) is 3.46. The number of nitrogens with zero attached hydrogens (tertiary/aromatic N) is 4. The summed E-state index contributed by atoms with van der Waals surface area (Å²) in [6.07, 6.45) is 0. The van der Waals surface area contributed by atoms with E-state index in [1.807, 2.05) is 6.92 Å². The molecule has 0 fully saturated rings. The number of aromatic amines is 1. The molecule has 0 aliphatic rings. The molecule has 2 aromatic rings. The quantitative estimate of drug-likeness (QED) is 0.740. The number of rotatable bonds is 2. The molecular weight excluding hydrogens is 220 g/mol. The van der Waals surface area contributed by atoms with E-state index in [0.29, 0.717) is 17.3 Å². The molecule has 74 valence electrons. The normalized spacial score (nSPS) is 10.6. The van der Waals surface area contributed by atoms with Crippen LogP contribution in [0.1, 0.15) is 10.0 Å². The van der Waals surface area contributed by atoms with Gasteiger partial charge in [0.1, 0.15) is 10.0 Å². The molecule has 0 amide bonds. The van der Waals surface area contributed by atoms with Crippen molar-refractivity contribution in [1.29, 1.82) is 0 Å². The lowest BCUT2D eigenvalue weighted by atomic mass is 10.6. The highest BCUT2D eigenvalue weighted by Crippen LogP contribution is 2.11. The van der Waals surface area contributed by atoms with E-state index < -0.39 is 0 Å². The molecule has 0 saturated heterocycles. The summed E-state index contributed by atoms with van der Waals surface area (Å²) in [7, 11) is 0. The van der Waals surface area contributed by atoms with Gasteiger partial charge in [-0.1, -0.05) is 11.3 Å². The molecule has 0 saturated carbocycles. The SMILES string of the molecule is Cc1nnc(Cn2c(N)n[nH]c2=S)s1. The molecule has 0 atom stereocenters. The van der Waals surface area contributed by atoms with Crippen LogP contribution in [0.25, 0.3) is 0 Å². The number of H-pyrrole nitrogens is 1. The van der Waals surface area contributed by atoms with Crippen molar-refractivity contribution >= 4 is 29.5 Å². The predicted molar refractivity (Wildman–Crippen MR) is 55.6 cm³/mol. The largest absolute Gasteiger partial charge is 0.368 e. The average molecular weight is 228 g/mol. The van der Waals surface area contributed by atoms with Gasteiger partial charge in [-0.3, -0.25) is 4.57 Å². The van der Waals surface area contributed by atoms with E-state index in [-0.39, 0.29) is 0 Å². The predicted octanol–water partition coefficient (Wildman–Crippen LogP) is 0.731. The van der Waals surface area contributed by atoms with Crippen molar-refractivity contribution in [2.45, 2.75) is 13.5 Å². The molecule has 0 aliphatic carbocycles. The van der Waals surface area contributed by atoms with Crippen molar-refractivity contribution in [3.8, 4) is 0 Å². The second-order valence-corrected chi connectivity index (χ2v) is 4.34. The summed E-state index contributed by atoms with van der Waals surface area (Å²) in [5.74, 6) is 0.364. The molecule has 2 heterocycles. The summed E-state index contributed by atoms with van der Waals surface area (Å²) in [6, 6.07) is 0. The lowest BCUT2D eigenvalue weighted by molar-refractivity contribution is 0.773. The maximum Gasteiger partial charge on any atom is 0.220 e. The van der Waals surface area contributed by atoms with Gasteiger partial charge in [-0.25, -0.2) is 5.10 Å². The molecule has 0 aliphatic heterocycles. The van der Waals surface area contributed by atoms with Crippen LogP contribution in [0.3, 0.4) is 0 Å². The Morgan fingerprint density at radius 1 is 1.57 bits per heavy atom. The van der Waals surface area contributed by atoms with E-state index in [2.05, 4.69) is 20.4 Å². The van der Waals surface area contributed by atoms with Crippen LogP contribution in [-0.4, -0.2) is 25.0 Å². The summed E-state index contributed by atoms with van der Waals surface area (Å²) < 4.78 is 2.17. The van der Waals surface area contributed by atoms with Crippen LogP contribution in [-0.2, 0) is 6.54 Å². The molecule has 0 unspecified atom stereocenters. The van der Waals surface area contributed by atoms with Crippen LogP contribution in [0, 0.1) is 11.7 Å². The average Bonchev–Trinajstić information content (AvgIpc) is 2.67. The smallest absolute Gasteiger partial charge is 0.220 e. The molecule has 2 aromatic heterocycles. The van der Waals surface area contributed by atoms with Gasteiger partial charge < -0.3 is 5.73 Å². The fraction of sp³-hybridized carbons (Fsp3) is 0.333. The number of aromatic nitrogens is 5. The standard InChI is InChI=1S/C6H8N6S2/c1-3-8-9-4(14-3)2-12-5(7)10-11-6(12)13/h2H2,1H3,(H2,7,10)(H,11,13). The summed E-state index contributed by atoms with van der Waals surface area (Å²) in [4.78, 5) is 0. The highest BCUT2D eigenvalue weighted by Gasteiger charge is 2.06. The Morgan fingerprint density at radius 2 is 2.36 bits per heavy atom. The van der Waals surface area contributed by atoms with Crippen molar-refractivity contribution in [2.24, 2.45) is 0 Å². The third-order valence-corrected chi connectivity index (χ3v) is 2.78. The molecule has 0 aromatic carbocycles. The van der Waals surface area contributed by atoms with Gasteiger partial charge in [-0.05, 0) is 19.1 Å². The van der Waals surface area contributed by atoms with Crippen LogP contribution < -0.4 is 5.73 Å². The van der Waals surface area contributed by atoms with Crippen LogP contribution in [0.4, 0.5) is 5.95 Å². The van der Waals surface area contributed by atoms with Gasteiger partial charge in [0.15, 0.2) is 4.77 Å². The maximum absolute atomic E-state index is 5.61. The van der Waals surface area contributed by atoms with E-state index in [1.54, 1.807) is 4.57 Å². The van der Waals surface area contributed by atoms with E-state index in [1.165, 1.54) is 11.3 Å². The molecule has 0 radical (unpaired) electrons. The first kappa shape index (κ1) is 9.28. The van der Waals surface area contributed by atoms with Crippen molar-refractivity contribution in [1.82, 2.24) is 25.0 Å². The zero-order valence-electron chi connectivity index (χ0n) is 7.39. The highest BCUT2D eigenvalue weighted by atomic mass is 32.1. The third-order valence-electron chi connectivity index (χ3n) is 1.65. The van der Waals surface area contributed by atoms with Crippen LogP contribution in [0.2, 0.25) is 0 Å². The maximum atomic E-state index is 5.61. The van der Waals surface area contributed by atoms with E-state index in [4.69, 9.17) is 18.0 Å². The second-order valence-electron chi connectivity index (χ2n) is 2.69. The minimum Gasteiger partial charge on any atom is -0.368 e. The first-order chi connectivity index (χ1) is 6.66. The van der Waals surface area contributed by atoms with Crippen molar-refractivity contribution in [2.75, 3.05) is 5.73 Å². The Kier molecular flexibility index (Phi) is 2.30. The number of aryl methyl sites for hydroxylation is 1. The van der Waals surface area contributed by atoms with Gasteiger partial charge in [0.05, 0.1) is 6.54 Å². The minimum absolute atomic E-state index is 0.364. The number of hydrogen-bond acceptors (Lipinski definition) is 6. The Hall–Kier alpha value is -1.28. The fourth-order valence-electron chi connectivity index (χ4n) is 1.02. The molecule has 14 heavy (non-hydrogen) atoms. The number of anilines is 1. The molecule has 6 nitrogen and oxygen atoms in total. The lowest BCUT2D eigenvalue weighted by Gasteiger charge is -1.97. The summed E-state index contributed by atoms with van der Waals surface area (Å²) in [5, 5.41) is 16.1. The Bertz CT molecular complexity index is 494. The number of hydrogen-bond donors (Lipinski definition) is 2. The number of nitrogen functional groups attached to an aromatic ring is 1. The zero-order chi connectivity index (χ0) is 10.1. The summed E-state index contributed by atoms with van der Waals surface area (Å²) in [5.41, 5.74) is 5.61. The third kappa shape index (κ3) is 1.66. The van der Waals surface area contributed by atoms with Crippen molar-refractivity contribution in [3.05, 3.63) is 14.8 Å². The van der Waals surface area contributed by atoms with Gasteiger partial charge in [0.2, 0.25) is 5.95 Å². The van der Waals surface area contributed by atoms with Crippen LogP contribution in [0.15, 0.2) is 0 Å². The highest BCUT2D eigenvalue weighted by molar-refractivity contribution is 7.71. The van der Waals surface area contributed by atoms with Gasteiger partial charge in [0, 0.05) is 0 Å². The Balaban J connectivity index is 2.31. The van der Waals surface area contributed by atoms with Crippen molar-refractivity contribution < 1.29 is 0 Å². The van der Waals surface area contributed by atoms with E-state index in [9.17, 15) is 0 Å². The van der Waals surface area contributed by atoms with E-state index >= 15 is 0 Å². The van der Waals surface area contributed by atoms with Gasteiger partial charge in [0.25, 0.3) is 0 Å². The van der Waals surface area contributed by atoms with E-state index in [0.717, 1.165) is 10.0 Å². The number of nitrogens with two attached hydrogens (primary N) is 1. The number of nitrogens with one attached hydrogen (secondary N) is 1. The topological polar surface area (TPSA) is 85.4 Å². The van der Waals surface area contributed by atoms with Gasteiger partial charge in [-0.2, -0.15) is 0 Å². The monoisotopic (exact) mass is 228 g/mol. The molecular formula is C6H8N6S2. The summed E-state index contributed by atoms with van der Waals surface area (Å²) in [6.45, 7) is 2.42. The zero-order valence-corrected chi connectivity index (χ0v) is 9.02. The minimum atomic E-state index is 0.364. The fourth-order valence-corrected chi connectivity index (χ4v) is 1.92. The van der Waals surface area contributed by atoms with Crippen LogP contribution in [0.5, 0.6) is 0 Å². The molecule has 0 bridgehead atoms. The first-order valence-electron chi connectivity index (χ1n) is 3.86. The Morgan fingerprint density at radius 3 is 2.86 bits per heavy atom. The van der Waals surface area contributed by atoms with Crippen LogP contribution >= 0.6 is 23.6 Å². The van der Waals surface area contributed by atoms with Crippen molar-refractivity contribution in [3.63, 3.8) is 0 Å². The molecule has 8 heteroatoms. The Labute approximate surface area is 88.8 Å².